The summed E-state index contributed by atoms with van der Waals surface area (Å²) in [6.45, 7) is 4.79. The van der Waals surface area contributed by atoms with Crippen LogP contribution in [0.1, 0.15) is 27.7 Å². The number of aliphatic hydroxyl groups excluding tert-OH is 4. The van der Waals surface area contributed by atoms with Crippen molar-refractivity contribution < 1.29 is 60.0 Å². The fourth-order valence-electron chi connectivity index (χ4n) is 0. The van der Waals surface area contributed by atoms with Gasteiger partial charge in [0.05, 0.1) is 0 Å². The van der Waals surface area contributed by atoms with Crippen LogP contribution >= 0.6 is 0 Å². The second-order valence-corrected chi connectivity index (χ2v) is 4.06. The highest BCUT2D eigenvalue weighted by atomic mass is 16.4. The van der Waals surface area contributed by atoms with Gasteiger partial charge in [0.2, 0.25) is 0 Å². The molecule has 0 aliphatic rings. The van der Waals surface area contributed by atoms with Crippen LogP contribution in [0.25, 0.3) is 0 Å². The average molecular weight is 360 g/mol. The van der Waals surface area contributed by atoms with Gasteiger partial charge in [-0.15, -0.1) is 0 Å². The normalized spacial score (nSPS) is 13.7. The van der Waals surface area contributed by atoms with Gasteiger partial charge in [0.25, 0.3) is 0 Å². The molecular weight excluding hydrogens is 336 g/mol. The minimum Gasteiger partial charge on any atom is -0.479 e. The smallest absolute Gasteiger partial charge is 0.332 e. The number of carbonyl (C=O) groups is 4. The molecule has 144 valence electrons. The molecule has 0 aromatic rings. The van der Waals surface area contributed by atoms with Crippen molar-refractivity contribution in [1.29, 1.82) is 0 Å². The van der Waals surface area contributed by atoms with Crippen molar-refractivity contribution in [3.8, 4) is 0 Å². The van der Waals surface area contributed by atoms with E-state index >= 15 is 0 Å². The van der Waals surface area contributed by atoms with Crippen LogP contribution in [0.4, 0.5) is 0 Å². The third-order valence-electron chi connectivity index (χ3n) is 1.43. The van der Waals surface area contributed by atoms with E-state index in [2.05, 4.69) is 0 Å². The Morgan fingerprint density at radius 3 is 0.500 bits per heavy atom. The van der Waals surface area contributed by atoms with Crippen LogP contribution in [0.3, 0.4) is 0 Å². The maximum atomic E-state index is 9.45. The summed E-state index contributed by atoms with van der Waals surface area (Å²) < 4.78 is 0. The van der Waals surface area contributed by atoms with Gasteiger partial charge in [-0.3, -0.25) is 0 Å². The Morgan fingerprint density at radius 1 is 0.458 bits per heavy atom. The molecule has 12 nitrogen and oxygen atoms in total. The zero-order valence-corrected chi connectivity index (χ0v) is 13.5. The van der Waals surface area contributed by atoms with E-state index in [9.17, 15) is 19.2 Å². The zero-order valence-electron chi connectivity index (χ0n) is 13.5. The summed E-state index contributed by atoms with van der Waals surface area (Å²) in [5.74, 6) is -4.74. The first-order chi connectivity index (χ1) is 10.6. The fraction of sp³-hybridized carbons (Fsp3) is 0.667. The quantitative estimate of drug-likeness (QED) is 0.267. The summed E-state index contributed by atoms with van der Waals surface area (Å²) in [6.07, 6.45) is -4.93. The lowest BCUT2D eigenvalue weighted by Gasteiger charge is -1.89. The lowest BCUT2D eigenvalue weighted by atomic mass is 10.4. The number of carboxylic acid groups (broad SMARTS) is 4. The molecule has 0 rings (SSSR count). The van der Waals surface area contributed by atoms with Crippen molar-refractivity contribution in [2.75, 3.05) is 0 Å². The van der Waals surface area contributed by atoms with Crippen LogP contribution in [0.15, 0.2) is 0 Å². The number of aliphatic carboxylic acids is 4. The van der Waals surface area contributed by atoms with Crippen LogP contribution in [0.2, 0.25) is 0 Å². The van der Waals surface area contributed by atoms with Gasteiger partial charge in [0, 0.05) is 0 Å². The zero-order chi connectivity index (χ0) is 20.6. The van der Waals surface area contributed by atoms with Crippen LogP contribution < -0.4 is 0 Å². The second-order valence-electron chi connectivity index (χ2n) is 4.06. The van der Waals surface area contributed by atoms with E-state index in [-0.39, 0.29) is 0 Å². The Hall–Kier alpha value is -2.28. The molecular formula is C12H24O12. The average Bonchev–Trinajstić information content (AvgIpc) is 2.40. The van der Waals surface area contributed by atoms with E-state index in [0.29, 0.717) is 0 Å². The van der Waals surface area contributed by atoms with E-state index < -0.39 is 48.3 Å². The first kappa shape index (κ1) is 29.7. The molecule has 0 amide bonds. The van der Waals surface area contributed by atoms with Gasteiger partial charge < -0.3 is 40.9 Å². The minimum absolute atomic E-state index is 1.19. The number of aliphatic hydroxyl groups is 4. The van der Waals surface area contributed by atoms with Crippen molar-refractivity contribution in [3.63, 3.8) is 0 Å². The molecule has 0 saturated heterocycles. The second kappa shape index (κ2) is 17.1. The predicted octanol–water partition coefficient (Wildman–Crippen LogP) is -2.19. The molecule has 0 heterocycles. The fourth-order valence-corrected chi connectivity index (χ4v) is 0. The molecule has 0 radical (unpaired) electrons. The van der Waals surface area contributed by atoms with Crippen molar-refractivity contribution in [3.05, 3.63) is 0 Å². The highest BCUT2D eigenvalue weighted by molar-refractivity contribution is 5.72. The van der Waals surface area contributed by atoms with E-state index in [1.165, 1.54) is 27.7 Å². The van der Waals surface area contributed by atoms with Gasteiger partial charge >= 0.3 is 23.9 Å². The molecule has 0 aliphatic carbocycles. The molecule has 0 bridgehead atoms. The monoisotopic (exact) mass is 360 g/mol. The summed E-state index contributed by atoms with van der Waals surface area (Å²) in [6, 6.07) is 0. The Labute approximate surface area is 137 Å². The van der Waals surface area contributed by atoms with Gasteiger partial charge in [0.1, 0.15) is 24.4 Å². The van der Waals surface area contributed by atoms with Crippen molar-refractivity contribution in [1.82, 2.24) is 0 Å². The molecule has 12 heteroatoms. The van der Waals surface area contributed by atoms with E-state index in [4.69, 9.17) is 40.9 Å². The largest absolute Gasteiger partial charge is 0.479 e. The topological polar surface area (TPSA) is 230 Å². The van der Waals surface area contributed by atoms with Crippen molar-refractivity contribution in [2.45, 2.75) is 52.1 Å². The van der Waals surface area contributed by atoms with E-state index in [1.54, 1.807) is 0 Å². The van der Waals surface area contributed by atoms with Crippen LogP contribution in [0, 0.1) is 0 Å². The van der Waals surface area contributed by atoms with Crippen molar-refractivity contribution in [2.24, 2.45) is 0 Å². The summed E-state index contributed by atoms with van der Waals surface area (Å²) in [5, 5.41) is 63.1. The van der Waals surface area contributed by atoms with Gasteiger partial charge in [0.15, 0.2) is 0 Å². The lowest BCUT2D eigenvalue weighted by molar-refractivity contribution is -0.146. The molecule has 0 saturated carbocycles. The Morgan fingerprint density at radius 2 is 0.500 bits per heavy atom. The molecule has 0 spiro atoms. The number of carboxylic acids is 4. The molecule has 24 heavy (non-hydrogen) atoms. The molecule has 8 N–H and O–H groups in total. The first-order valence-electron chi connectivity index (χ1n) is 6.21. The summed E-state index contributed by atoms with van der Waals surface area (Å²) in [7, 11) is 0. The third-order valence-corrected chi connectivity index (χ3v) is 1.43. The summed E-state index contributed by atoms with van der Waals surface area (Å²) in [4.78, 5) is 37.8. The van der Waals surface area contributed by atoms with Gasteiger partial charge in [-0.05, 0) is 27.7 Å². The van der Waals surface area contributed by atoms with Gasteiger partial charge in [-0.2, -0.15) is 0 Å². The Kier molecular flexibility index (Phi) is 21.1. The maximum Gasteiger partial charge on any atom is 0.332 e. The first-order valence-corrected chi connectivity index (χ1v) is 6.21. The predicted molar refractivity (Wildman–Crippen MR) is 77.3 cm³/mol. The highest BCUT2D eigenvalue weighted by Gasteiger charge is 2.02. The minimum atomic E-state index is -1.23. The van der Waals surface area contributed by atoms with Crippen LogP contribution in [0.5, 0.6) is 0 Å². The standard InChI is InChI=1S/4C3H6O3/c4*1-2(4)3(5)6/h4*2,4H,1H3,(H,5,6)/t4*2-/m1100/s1. The number of hydrogen-bond acceptors (Lipinski definition) is 8. The van der Waals surface area contributed by atoms with Crippen LogP contribution in [-0.2, 0) is 19.2 Å². The molecule has 0 aromatic carbocycles. The lowest BCUT2D eigenvalue weighted by Crippen LogP contribution is -2.13. The Balaban J connectivity index is -0.000000111. The highest BCUT2D eigenvalue weighted by Crippen LogP contribution is 1.74. The molecule has 0 fully saturated rings. The SMILES string of the molecule is C[C@@H](O)C(=O)O.C[C@@H](O)C(=O)O.C[C@H](O)C(=O)O.C[C@H](O)C(=O)O. The van der Waals surface area contributed by atoms with Gasteiger partial charge in [-0.1, -0.05) is 0 Å². The number of rotatable bonds is 4. The Bertz CT molecular complexity index is 300. The number of hydrogen-bond donors (Lipinski definition) is 8. The van der Waals surface area contributed by atoms with Crippen molar-refractivity contribution >= 4 is 23.9 Å². The molecule has 4 atom stereocenters. The summed E-state index contributed by atoms with van der Waals surface area (Å²) >= 11 is 0. The maximum absolute atomic E-state index is 9.45. The van der Waals surface area contributed by atoms with Crippen LogP contribution in [-0.4, -0.2) is 89.1 Å². The molecule has 0 aromatic heterocycles. The molecule has 0 unspecified atom stereocenters. The van der Waals surface area contributed by atoms with E-state index in [0.717, 1.165) is 0 Å². The van der Waals surface area contributed by atoms with Gasteiger partial charge in [-0.25, -0.2) is 19.2 Å². The molecule has 0 aliphatic heterocycles. The summed E-state index contributed by atoms with van der Waals surface area (Å²) in [5.41, 5.74) is 0. The van der Waals surface area contributed by atoms with E-state index in [1.807, 2.05) is 0 Å². The third kappa shape index (κ3) is 36.7.